The van der Waals surface area contributed by atoms with Crippen molar-refractivity contribution in [3.8, 4) is 11.4 Å². The Morgan fingerprint density at radius 1 is 1.23 bits per heavy atom. The number of halogens is 1. The fourth-order valence-corrected chi connectivity index (χ4v) is 3.91. The van der Waals surface area contributed by atoms with Crippen LogP contribution in [0.1, 0.15) is 29.9 Å². The van der Waals surface area contributed by atoms with E-state index < -0.39 is 0 Å². The molecule has 1 aliphatic heterocycles. The van der Waals surface area contributed by atoms with Crippen LogP contribution < -0.4 is 5.32 Å². The molecule has 1 unspecified atom stereocenters. The molecule has 6 nitrogen and oxygen atoms in total. The van der Waals surface area contributed by atoms with E-state index in [0.29, 0.717) is 36.4 Å². The van der Waals surface area contributed by atoms with Crippen LogP contribution in [0.5, 0.6) is 0 Å². The first kappa shape index (κ1) is 20.6. The number of amides is 1. The highest BCUT2D eigenvalue weighted by Crippen LogP contribution is 2.21. The normalized spacial score (nSPS) is 17.1. The van der Waals surface area contributed by atoms with Gasteiger partial charge in [-0.25, -0.2) is 0 Å². The van der Waals surface area contributed by atoms with Crippen molar-refractivity contribution in [2.45, 2.75) is 32.9 Å². The zero-order valence-electron chi connectivity index (χ0n) is 17.0. The monoisotopic (exact) mass is 424 g/mol. The number of aryl methyl sites for hydroxylation is 1. The zero-order chi connectivity index (χ0) is 20.9. The van der Waals surface area contributed by atoms with Crippen LogP contribution in [0.4, 0.5) is 0 Å². The Balaban J connectivity index is 1.32. The van der Waals surface area contributed by atoms with Gasteiger partial charge in [0.15, 0.2) is 0 Å². The predicted octanol–water partition coefficient (Wildman–Crippen LogP) is 4.23. The fourth-order valence-electron chi connectivity index (χ4n) is 3.71. The lowest BCUT2D eigenvalue weighted by Gasteiger charge is -2.30. The number of carbonyl (C=O) groups is 1. The highest BCUT2D eigenvalue weighted by atomic mass is 35.5. The SMILES string of the molecule is Cc1ccc(-c2noc(CN3CCCC(C(=O)NCc4ccccc4Cl)C3)n2)cc1. The van der Waals surface area contributed by atoms with Crippen LogP contribution in [0.3, 0.4) is 0 Å². The van der Waals surface area contributed by atoms with Crippen molar-refractivity contribution >= 4 is 17.5 Å². The maximum absolute atomic E-state index is 12.7. The number of likely N-dealkylation sites (tertiary alicyclic amines) is 1. The standard InChI is InChI=1S/C23H25ClN4O2/c1-16-8-10-17(11-9-16)22-26-21(30-27-22)15-28-12-4-6-19(14-28)23(29)25-13-18-5-2-3-7-20(18)24/h2-3,5,7-11,19H,4,6,12-15H2,1H3,(H,25,29). The van der Waals surface area contributed by atoms with Gasteiger partial charge in [0.05, 0.1) is 12.5 Å². The molecule has 4 rings (SSSR count). The Morgan fingerprint density at radius 3 is 2.83 bits per heavy atom. The van der Waals surface area contributed by atoms with Crippen LogP contribution >= 0.6 is 11.6 Å². The summed E-state index contributed by atoms with van der Waals surface area (Å²) in [4.78, 5) is 19.4. The van der Waals surface area contributed by atoms with E-state index in [-0.39, 0.29) is 11.8 Å². The largest absolute Gasteiger partial charge is 0.352 e. The van der Waals surface area contributed by atoms with Gasteiger partial charge >= 0.3 is 0 Å². The van der Waals surface area contributed by atoms with Crippen molar-refractivity contribution in [3.63, 3.8) is 0 Å². The average Bonchev–Trinajstić information content (AvgIpc) is 3.22. The molecule has 0 bridgehead atoms. The summed E-state index contributed by atoms with van der Waals surface area (Å²) >= 11 is 6.18. The first-order valence-electron chi connectivity index (χ1n) is 10.2. The minimum Gasteiger partial charge on any atom is -0.352 e. The van der Waals surface area contributed by atoms with E-state index in [1.807, 2.05) is 55.5 Å². The predicted molar refractivity (Wildman–Crippen MR) is 116 cm³/mol. The maximum atomic E-state index is 12.7. The first-order valence-corrected chi connectivity index (χ1v) is 10.6. The molecule has 7 heteroatoms. The fraction of sp³-hybridized carbons (Fsp3) is 0.348. The smallest absolute Gasteiger partial charge is 0.241 e. The molecule has 3 aromatic rings. The van der Waals surface area contributed by atoms with Crippen LogP contribution in [-0.2, 0) is 17.9 Å². The molecule has 0 radical (unpaired) electrons. The molecular weight excluding hydrogens is 400 g/mol. The molecule has 1 aromatic heterocycles. The third kappa shape index (κ3) is 5.07. The van der Waals surface area contributed by atoms with Crippen molar-refractivity contribution in [2.24, 2.45) is 5.92 Å². The van der Waals surface area contributed by atoms with Crippen molar-refractivity contribution in [3.05, 3.63) is 70.6 Å². The topological polar surface area (TPSA) is 71.3 Å². The Morgan fingerprint density at radius 2 is 2.03 bits per heavy atom. The number of nitrogens with one attached hydrogen (secondary N) is 1. The van der Waals surface area contributed by atoms with Crippen LogP contribution in [0, 0.1) is 12.8 Å². The summed E-state index contributed by atoms with van der Waals surface area (Å²) in [7, 11) is 0. The Kier molecular flexibility index (Phi) is 6.45. The maximum Gasteiger partial charge on any atom is 0.241 e. The second-order valence-corrected chi connectivity index (χ2v) is 8.17. The summed E-state index contributed by atoms with van der Waals surface area (Å²) in [6.07, 6.45) is 1.84. The van der Waals surface area contributed by atoms with Gasteiger partial charge < -0.3 is 9.84 Å². The minimum atomic E-state index is -0.0549. The van der Waals surface area contributed by atoms with Crippen molar-refractivity contribution in [1.82, 2.24) is 20.4 Å². The molecule has 1 saturated heterocycles. The Bertz CT molecular complexity index is 1000. The lowest BCUT2D eigenvalue weighted by atomic mass is 9.97. The summed E-state index contributed by atoms with van der Waals surface area (Å²) < 4.78 is 5.45. The van der Waals surface area contributed by atoms with Gasteiger partial charge in [-0.15, -0.1) is 0 Å². The molecule has 0 aliphatic carbocycles. The van der Waals surface area contributed by atoms with Gasteiger partial charge in [-0.2, -0.15) is 4.98 Å². The van der Waals surface area contributed by atoms with E-state index in [2.05, 4.69) is 20.4 Å². The summed E-state index contributed by atoms with van der Waals surface area (Å²) in [6.45, 7) is 4.63. The molecule has 1 N–H and O–H groups in total. The van der Waals surface area contributed by atoms with Gasteiger partial charge in [0.1, 0.15) is 0 Å². The highest BCUT2D eigenvalue weighted by molar-refractivity contribution is 6.31. The lowest BCUT2D eigenvalue weighted by Crippen LogP contribution is -2.42. The second-order valence-electron chi connectivity index (χ2n) is 7.76. The number of carbonyl (C=O) groups excluding carboxylic acids is 1. The molecule has 2 aromatic carbocycles. The number of piperidine rings is 1. The van der Waals surface area contributed by atoms with Crippen molar-refractivity contribution in [2.75, 3.05) is 13.1 Å². The van der Waals surface area contributed by atoms with Gasteiger partial charge in [0, 0.05) is 23.7 Å². The third-order valence-corrected chi connectivity index (χ3v) is 5.79. The number of hydrogen-bond acceptors (Lipinski definition) is 5. The summed E-state index contributed by atoms with van der Waals surface area (Å²) in [5, 5.41) is 7.80. The second kappa shape index (κ2) is 9.41. The first-order chi connectivity index (χ1) is 14.6. The molecule has 1 fully saturated rings. The Hall–Kier alpha value is -2.70. The van der Waals surface area contributed by atoms with Crippen LogP contribution in [-0.4, -0.2) is 34.0 Å². The zero-order valence-corrected chi connectivity index (χ0v) is 17.7. The quantitative estimate of drug-likeness (QED) is 0.641. The molecule has 1 aliphatic rings. The molecule has 156 valence electrons. The number of hydrogen-bond donors (Lipinski definition) is 1. The van der Waals surface area contributed by atoms with E-state index >= 15 is 0 Å². The molecule has 0 saturated carbocycles. The van der Waals surface area contributed by atoms with Gasteiger partial charge in [0.2, 0.25) is 17.6 Å². The Labute approximate surface area is 181 Å². The van der Waals surface area contributed by atoms with E-state index in [1.54, 1.807) is 0 Å². The van der Waals surface area contributed by atoms with Crippen LogP contribution in [0.15, 0.2) is 53.1 Å². The van der Waals surface area contributed by atoms with E-state index in [9.17, 15) is 4.79 Å². The summed E-state index contributed by atoms with van der Waals surface area (Å²) in [6, 6.07) is 15.6. The highest BCUT2D eigenvalue weighted by Gasteiger charge is 2.27. The summed E-state index contributed by atoms with van der Waals surface area (Å²) in [5.41, 5.74) is 3.05. The molecule has 2 heterocycles. The number of rotatable bonds is 6. The van der Waals surface area contributed by atoms with Crippen LogP contribution in [0.25, 0.3) is 11.4 Å². The van der Waals surface area contributed by atoms with Crippen molar-refractivity contribution in [1.29, 1.82) is 0 Å². The molecule has 1 atom stereocenters. The van der Waals surface area contributed by atoms with Gasteiger partial charge in [0.25, 0.3) is 0 Å². The van der Waals surface area contributed by atoms with Gasteiger partial charge in [-0.05, 0) is 37.9 Å². The van der Waals surface area contributed by atoms with E-state index in [1.165, 1.54) is 5.56 Å². The summed E-state index contributed by atoms with van der Waals surface area (Å²) in [5.74, 6) is 1.17. The molecule has 1 amide bonds. The molecular formula is C23H25ClN4O2. The van der Waals surface area contributed by atoms with E-state index in [4.69, 9.17) is 16.1 Å². The minimum absolute atomic E-state index is 0.0549. The van der Waals surface area contributed by atoms with Crippen molar-refractivity contribution < 1.29 is 9.32 Å². The van der Waals surface area contributed by atoms with Crippen LogP contribution in [0.2, 0.25) is 5.02 Å². The molecule has 30 heavy (non-hydrogen) atoms. The average molecular weight is 425 g/mol. The van der Waals surface area contributed by atoms with Gasteiger partial charge in [-0.3, -0.25) is 9.69 Å². The van der Waals surface area contributed by atoms with Gasteiger partial charge in [-0.1, -0.05) is 64.8 Å². The number of benzene rings is 2. The molecule has 0 spiro atoms. The third-order valence-electron chi connectivity index (χ3n) is 5.42. The number of aromatic nitrogens is 2. The van der Waals surface area contributed by atoms with E-state index in [0.717, 1.165) is 30.5 Å². The lowest BCUT2D eigenvalue weighted by molar-refractivity contribution is -0.127. The number of nitrogens with zero attached hydrogens (tertiary/aromatic N) is 3.